The highest BCUT2D eigenvalue weighted by Crippen LogP contribution is 2.33. The molecule has 0 aromatic heterocycles. The fourth-order valence-corrected chi connectivity index (χ4v) is 1.30. The third-order valence-corrected chi connectivity index (χ3v) is 2.12. The number of alkyl halides is 3. The van der Waals surface area contributed by atoms with Crippen LogP contribution in [0.15, 0.2) is 12.1 Å². The summed E-state index contributed by atoms with van der Waals surface area (Å²) in [5, 5.41) is 8.60. The maximum Gasteiger partial charge on any atom is 0.417 e. The van der Waals surface area contributed by atoms with Gasteiger partial charge in [-0.05, 0) is 30.2 Å². The quantitative estimate of drug-likeness (QED) is 0.780. The Kier molecular flexibility index (Phi) is 3.01. The summed E-state index contributed by atoms with van der Waals surface area (Å²) in [5.41, 5.74) is 5.06. The summed E-state index contributed by atoms with van der Waals surface area (Å²) in [6.07, 6.45) is -4.50. The van der Waals surface area contributed by atoms with E-state index < -0.39 is 11.7 Å². The number of nitrogens with two attached hydrogens (primary N) is 1. The van der Waals surface area contributed by atoms with Gasteiger partial charge >= 0.3 is 6.18 Å². The Morgan fingerprint density at radius 2 is 2.00 bits per heavy atom. The van der Waals surface area contributed by atoms with Gasteiger partial charge in [0.05, 0.1) is 17.2 Å². The van der Waals surface area contributed by atoms with E-state index in [1.54, 1.807) is 6.92 Å². The summed E-state index contributed by atoms with van der Waals surface area (Å²) in [4.78, 5) is 0. The van der Waals surface area contributed by atoms with Crippen LogP contribution in [0.1, 0.15) is 22.3 Å². The summed E-state index contributed by atoms with van der Waals surface area (Å²) in [6.45, 7) is 1.66. The van der Waals surface area contributed by atoms with Crippen LogP contribution in [0.25, 0.3) is 0 Å². The van der Waals surface area contributed by atoms with Crippen molar-refractivity contribution in [3.8, 4) is 6.07 Å². The Balaban J connectivity index is 3.43. The molecule has 0 heterocycles. The van der Waals surface area contributed by atoms with E-state index in [4.69, 9.17) is 11.0 Å². The number of nitriles is 1. The second-order valence-electron chi connectivity index (χ2n) is 3.14. The molecule has 0 atom stereocenters. The van der Waals surface area contributed by atoms with Gasteiger partial charge in [0.2, 0.25) is 0 Å². The lowest BCUT2D eigenvalue weighted by molar-refractivity contribution is -0.137. The van der Waals surface area contributed by atoms with E-state index in [2.05, 4.69) is 0 Å². The molecule has 1 rings (SSSR count). The number of benzene rings is 1. The molecule has 0 spiro atoms. The van der Waals surface area contributed by atoms with Crippen molar-refractivity contribution in [1.29, 1.82) is 5.26 Å². The van der Waals surface area contributed by atoms with Crippen LogP contribution < -0.4 is 5.73 Å². The Hall–Kier alpha value is -1.54. The molecule has 5 heteroatoms. The van der Waals surface area contributed by atoms with E-state index in [1.807, 2.05) is 0 Å². The van der Waals surface area contributed by atoms with E-state index in [1.165, 1.54) is 12.1 Å². The largest absolute Gasteiger partial charge is 0.417 e. The van der Waals surface area contributed by atoms with Gasteiger partial charge in [0, 0.05) is 6.54 Å². The molecule has 0 unspecified atom stereocenters. The molecule has 1 aromatic rings. The zero-order valence-corrected chi connectivity index (χ0v) is 8.02. The summed E-state index contributed by atoms with van der Waals surface area (Å²) >= 11 is 0. The lowest BCUT2D eigenvalue weighted by Crippen LogP contribution is -2.10. The molecule has 1 aromatic carbocycles. The summed E-state index contributed by atoms with van der Waals surface area (Å²) in [5.74, 6) is 0. The molecule has 80 valence electrons. The smallest absolute Gasteiger partial charge is 0.326 e. The number of rotatable bonds is 1. The highest BCUT2D eigenvalue weighted by atomic mass is 19.4. The maximum absolute atomic E-state index is 12.5. The van der Waals surface area contributed by atoms with E-state index in [0.717, 1.165) is 6.07 Å². The summed E-state index contributed by atoms with van der Waals surface area (Å²) in [6, 6.07) is 3.68. The number of halogens is 3. The minimum Gasteiger partial charge on any atom is -0.326 e. The van der Waals surface area contributed by atoms with E-state index in [-0.39, 0.29) is 12.1 Å². The Labute approximate surface area is 85.1 Å². The second-order valence-corrected chi connectivity index (χ2v) is 3.14. The first kappa shape index (κ1) is 11.5. The van der Waals surface area contributed by atoms with Crippen LogP contribution in [0.5, 0.6) is 0 Å². The van der Waals surface area contributed by atoms with Gasteiger partial charge in [-0.3, -0.25) is 0 Å². The van der Waals surface area contributed by atoms with Gasteiger partial charge in [-0.2, -0.15) is 18.4 Å². The monoisotopic (exact) mass is 214 g/mol. The third-order valence-electron chi connectivity index (χ3n) is 2.12. The minimum atomic E-state index is -4.50. The van der Waals surface area contributed by atoms with Crippen molar-refractivity contribution < 1.29 is 13.2 Å². The fraction of sp³-hybridized carbons (Fsp3) is 0.300. The molecule has 15 heavy (non-hydrogen) atoms. The van der Waals surface area contributed by atoms with Gasteiger partial charge in [-0.25, -0.2) is 0 Å². The van der Waals surface area contributed by atoms with Crippen molar-refractivity contribution in [2.24, 2.45) is 5.73 Å². The molecule has 0 aliphatic carbocycles. The fourth-order valence-electron chi connectivity index (χ4n) is 1.30. The van der Waals surface area contributed by atoms with Crippen LogP contribution in [-0.2, 0) is 12.7 Å². The molecular weight excluding hydrogens is 205 g/mol. The van der Waals surface area contributed by atoms with Gasteiger partial charge in [0.1, 0.15) is 0 Å². The van der Waals surface area contributed by atoms with Gasteiger partial charge in [-0.15, -0.1) is 0 Å². The number of hydrogen-bond acceptors (Lipinski definition) is 2. The predicted molar refractivity (Wildman–Crippen MR) is 48.8 cm³/mol. The number of aryl methyl sites for hydroxylation is 1. The first-order valence-electron chi connectivity index (χ1n) is 4.21. The Morgan fingerprint density at radius 3 is 2.40 bits per heavy atom. The van der Waals surface area contributed by atoms with Crippen molar-refractivity contribution in [1.82, 2.24) is 0 Å². The van der Waals surface area contributed by atoms with Gasteiger partial charge in [0.25, 0.3) is 0 Å². The average molecular weight is 214 g/mol. The van der Waals surface area contributed by atoms with Crippen LogP contribution in [0.4, 0.5) is 13.2 Å². The topological polar surface area (TPSA) is 49.8 Å². The lowest BCUT2D eigenvalue weighted by atomic mass is 9.99. The standard InChI is InChI=1S/C10H9F3N2/c1-6-2-9(10(11,12)13)8(5-15)3-7(6)4-14/h2-3H,4,14H2,1H3. The maximum atomic E-state index is 12.5. The molecule has 0 saturated carbocycles. The molecule has 2 N–H and O–H groups in total. The predicted octanol–water partition coefficient (Wildman–Crippen LogP) is 2.34. The minimum absolute atomic E-state index is 0.124. The molecule has 2 nitrogen and oxygen atoms in total. The van der Waals surface area contributed by atoms with E-state index in [0.29, 0.717) is 11.1 Å². The molecule has 0 fully saturated rings. The highest BCUT2D eigenvalue weighted by Gasteiger charge is 2.33. The first-order chi connectivity index (χ1) is 6.90. The third kappa shape index (κ3) is 2.28. The van der Waals surface area contributed by atoms with Crippen molar-refractivity contribution in [3.63, 3.8) is 0 Å². The molecule has 0 radical (unpaired) electrons. The van der Waals surface area contributed by atoms with Crippen LogP contribution in [0.3, 0.4) is 0 Å². The van der Waals surface area contributed by atoms with Gasteiger partial charge in [-0.1, -0.05) is 0 Å². The van der Waals surface area contributed by atoms with Gasteiger partial charge < -0.3 is 5.73 Å². The van der Waals surface area contributed by atoms with E-state index >= 15 is 0 Å². The molecule has 0 aliphatic heterocycles. The Bertz CT molecular complexity index is 416. The van der Waals surface area contributed by atoms with Crippen LogP contribution in [-0.4, -0.2) is 0 Å². The zero-order valence-electron chi connectivity index (χ0n) is 8.02. The first-order valence-corrected chi connectivity index (χ1v) is 4.21. The normalized spacial score (nSPS) is 11.2. The lowest BCUT2D eigenvalue weighted by Gasteiger charge is -2.12. The molecular formula is C10H9F3N2. The van der Waals surface area contributed by atoms with Crippen molar-refractivity contribution in [2.45, 2.75) is 19.6 Å². The zero-order chi connectivity index (χ0) is 11.6. The second kappa shape index (κ2) is 3.91. The van der Waals surface area contributed by atoms with Crippen LogP contribution in [0, 0.1) is 18.3 Å². The van der Waals surface area contributed by atoms with Crippen molar-refractivity contribution in [3.05, 3.63) is 34.4 Å². The van der Waals surface area contributed by atoms with Crippen molar-refractivity contribution >= 4 is 0 Å². The number of hydrogen-bond donors (Lipinski definition) is 1. The summed E-state index contributed by atoms with van der Waals surface area (Å²) < 4.78 is 37.4. The summed E-state index contributed by atoms with van der Waals surface area (Å²) in [7, 11) is 0. The molecule has 0 saturated heterocycles. The molecule has 0 aliphatic rings. The highest BCUT2D eigenvalue weighted by molar-refractivity contribution is 5.45. The Morgan fingerprint density at radius 1 is 1.40 bits per heavy atom. The van der Waals surface area contributed by atoms with Crippen LogP contribution in [0.2, 0.25) is 0 Å². The molecule has 0 bridgehead atoms. The SMILES string of the molecule is Cc1cc(C(F)(F)F)c(C#N)cc1CN. The van der Waals surface area contributed by atoms with Gasteiger partial charge in [0.15, 0.2) is 0 Å². The van der Waals surface area contributed by atoms with Crippen LogP contribution >= 0.6 is 0 Å². The average Bonchev–Trinajstić information content (AvgIpc) is 2.16. The molecule has 0 amide bonds. The van der Waals surface area contributed by atoms with Crippen molar-refractivity contribution in [2.75, 3.05) is 0 Å². The van der Waals surface area contributed by atoms with E-state index in [9.17, 15) is 13.2 Å². The number of nitrogens with zero attached hydrogens (tertiary/aromatic N) is 1.